The van der Waals surface area contributed by atoms with Crippen molar-refractivity contribution in [1.82, 2.24) is 24.6 Å². The molecule has 2 aromatic heterocycles. The van der Waals surface area contributed by atoms with E-state index in [1.54, 1.807) is 4.90 Å². The third-order valence-corrected chi connectivity index (χ3v) is 6.47. The minimum absolute atomic E-state index is 0.267. The Labute approximate surface area is 216 Å². The van der Waals surface area contributed by atoms with Crippen molar-refractivity contribution in [1.29, 1.82) is 0 Å². The fourth-order valence-corrected chi connectivity index (χ4v) is 4.50. The number of hydrogen-bond acceptors (Lipinski definition) is 6. The zero-order chi connectivity index (χ0) is 26.0. The lowest BCUT2D eigenvalue weighted by Gasteiger charge is -2.35. The predicted molar refractivity (Wildman–Crippen MR) is 141 cm³/mol. The van der Waals surface area contributed by atoms with Gasteiger partial charge in [-0.2, -0.15) is 5.10 Å². The first kappa shape index (κ1) is 25.9. The number of rotatable bonds is 5. The smallest absolute Gasteiger partial charge is 0.410 e. The van der Waals surface area contributed by atoms with E-state index in [1.165, 1.54) is 6.20 Å². The molecule has 3 aromatic rings. The predicted octanol–water partition coefficient (Wildman–Crippen LogP) is 4.51. The molecule has 3 heterocycles. The summed E-state index contributed by atoms with van der Waals surface area (Å²) in [6, 6.07) is 7.57. The molecule has 0 aliphatic carbocycles. The second-order valence-electron chi connectivity index (χ2n) is 10.1. The van der Waals surface area contributed by atoms with Crippen molar-refractivity contribution >= 4 is 40.3 Å². The van der Waals surface area contributed by atoms with Crippen molar-refractivity contribution in [3.8, 4) is 0 Å². The first-order valence-electron chi connectivity index (χ1n) is 12.1. The van der Waals surface area contributed by atoms with E-state index >= 15 is 0 Å². The van der Waals surface area contributed by atoms with Crippen LogP contribution < -0.4 is 5.32 Å². The molecule has 1 N–H and O–H groups in total. The number of nitrogens with one attached hydrogen (secondary N) is 1. The van der Waals surface area contributed by atoms with E-state index in [4.69, 9.17) is 16.3 Å². The van der Waals surface area contributed by atoms with Gasteiger partial charge in [-0.25, -0.2) is 14.5 Å². The number of piperazine rings is 1. The monoisotopic (exact) mass is 512 g/mol. The standard InChI is InChI=1S/C26H33ClN6O3/c1-17-6-8-19(9-7-17)29-24(34)20-16-28-23-21(22(20)27)18(2)30-33(23)15-12-31-10-13-32(14-11-31)25(35)36-26(3,4)5/h6-9,16H,10-15H2,1-5H3,(H,29,34). The van der Waals surface area contributed by atoms with Crippen LogP contribution in [0.15, 0.2) is 30.5 Å². The Morgan fingerprint density at radius 3 is 2.36 bits per heavy atom. The van der Waals surface area contributed by atoms with Gasteiger partial charge in [0.2, 0.25) is 0 Å². The minimum atomic E-state index is -0.497. The first-order chi connectivity index (χ1) is 17.0. The van der Waals surface area contributed by atoms with E-state index in [0.29, 0.717) is 46.9 Å². The van der Waals surface area contributed by atoms with Gasteiger partial charge in [0, 0.05) is 44.6 Å². The summed E-state index contributed by atoms with van der Waals surface area (Å²) in [7, 11) is 0. The lowest BCUT2D eigenvalue weighted by Crippen LogP contribution is -2.50. The van der Waals surface area contributed by atoms with Crippen LogP contribution in [0.4, 0.5) is 10.5 Å². The Bertz CT molecular complexity index is 1260. The average Bonchev–Trinajstić information content (AvgIpc) is 3.14. The molecule has 0 spiro atoms. The first-order valence-corrected chi connectivity index (χ1v) is 12.5. The van der Waals surface area contributed by atoms with Crippen LogP contribution in [-0.2, 0) is 11.3 Å². The number of aromatic nitrogens is 3. The molecule has 1 aliphatic heterocycles. The fraction of sp³-hybridized carbons (Fsp3) is 0.462. The third kappa shape index (κ3) is 5.96. The Morgan fingerprint density at radius 1 is 1.06 bits per heavy atom. The van der Waals surface area contributed by atoms with Gasteiger partial charge < -0.3 is 15.0 Å². The number of pyridine rings is 1. The summed E-state index contributed by atoms with van der Waals surface area (Å²) in [5.41, 5.74) is 3.00. The molecule has 36 heavy (non-hydrogen) atoms. The molecule has 1 saturated heterocycles. The van der Waals surface area contributed by atoms with Gasteiger partial charge in [-0.3, -0.25) is 9.69 Å². The molecule has 0 saturated carbocycles. The Balaban J connectivity index is 1.40. The quantitative estimate of drug-likeness (QED) is 0.541. The zero-order valence-electron chi connectivity index (χ0n) is 21.5. The number of carbonyl (C=O) groups is 2. The van der Waals surface area contributed by atoms with E-state index in [9.17, 15) is 9.59 Å². The van der Waals surface area contributed by atoms with Gasteiger partial charge in [0.1, 0.15) is 5.60 Å². The van der Waals surface area contributed by atoms with Crippen LogP contribution in [0.1, 0.15) is 42.4 Å². The molecule has 1 fully saturated rings. The zero-order valence-corrected chi connectivity index (χ0v) is 22.2. The Kier molecular flexibility index (Phi) is 7.51. The van der Waals surface area contributed by atoms with Gasteiger partial charge in [0.15, 0.2) is 5.65 Å². The van der Waals surface area contributed by atoms with Crippen LogP contribution in [0.2, 0.25) is 5.02 Å². The molecular weight excluding hydrogens is 480 g/mol. The Hall–Kier alpha value is -3.17. The van der Waals surface area contributed by atoms with E-state index in [1.807, 2.05) is 63.6 Å². The van der Waals surface area contributed by atoms with E-state index in [-0.39, 0.29) is 12.0 Å². The number of hydrogen-bond donors (Lipinski definition) is 1. The van der Waals surface area contributed by atoms with Crippen molar-refractivity contribution in [2.24, 2.45) is 0 Å². The van der Waals surface area contributed by atoms with Crippen LogP contribution in [0.25, 0.3) is 11.0 Å². The number of aryl methyl sites for hydroxylation is 2. The van der Waals surface area contributed by atoms with Gasteiger partial charge in [0.25, 0.3) is 5.91 Å². The molecule has 9 nitrogen and oxygen atoms in total. The van der Waals surface area contributed by atoms with Crippen molar-refractivity contribution < 1.29 is 14.3 Å². The second-order valence-corrected chi connectivity index (χ2v) is 10.5. The maximum Gasteiger partial charge on any atom is 0.410 e. The van der Waals surface area contributed by atoms with Crippen molar-refractivity contribution in [2.75, 3.05) is 38.0 Å². The van der Waals surface area contributed by atoms with Gasteiger partial charge in [-0.1, -0.05) is 29.3 Å². The highest BCUT2D eigenvalue weighted by Crippen LogP contribution is 2.29. The number of benzene rings is 1. The molecule has 0 unspecified atom stereocenters. The summed E-state index contributed by atoms with van der Waals surface area (Å²) in [4.78, 5) is 33.7. The molecule has 0 bridgehead atoms. The van der Waals surface area contributed by atoms with Crippen molar-refractivity contribution in [2.45, 2.75) is 46.8 Å². The topological polar surface area (TPSA) is 92.6 Å². The molecule has 0 atom stereocenters. The minimum Gasteiger partial charge on any atom is -0.444 e. The Morgan fingerprint density at radius 2 is 1.72 bits per heavy atom. The highest BCUT2D eigenvalue weighted by Gasteiger charge is 2.26. The summed E-state index contributed by atoms with van der Waals surface area (Å²) in [5.74, 6) is -0.312. The molecule has 1 aromatic carbocycles. The SMILES string of the molecule is Cc1ccc(NC(=O)c2cnc3c(c(C)nn3CCN3CCN(C(=O)OC(C)(C)C)CC3)c2Cl)cc1. The van der Waals surface area contributed by atoms with Crippen LogP contribution in [0.5, 0.6) is 0 Å². The highest BCUT2D eigenvalue weighted by atomic mass is 35.5. The molecule has 10 heteroatoms. The van der Waals surface area contributed by atoms with Gasteiger partial charge in [0.05, 0.1) is 28.2 Å². The number of amides is 2. The van der Waals surface area contributed by atoms with Gasteiger partial charge in [-0.05, 0) is 46.8 Å². The van der Waals surface area contributed by atoms with Crippen molar-refractivity contribution in [3.63, 3.8) is 0 Å². The van der Waals surface area contributed by atoms with E-state index in [0.717, 1.165) is 30.9 Å². The number of anilines is 1. The highest BCUT2D eigenvalue weighted by molar-refractivity contribution is 6.39. The largest absolute Gasteiger partial charge is 0.444 e. The fourth-order valence-electron chi connectivity index (χ4n) is 4.14. The summed E-state index contributed by atoms with van der Waals surface area (Å²) in [6.45, 7) is 13.6. The normalized spacial score (nSPS) is 14.8. The number of carbonyl (C=O) groups excluding carboxylic acids is 2. The molecule has 2 amide bonds. The van der Waals surface area contributed by atoms with E-state index in [2.05, 4.69) is 20.3 Å². The average molecular weight is 513 g/mol. The summed E-state index contributed by atoms with van der Waals surface area (Å²) >= 11 is 6.67. The molecule has 0 radical (unpaired) electrons. The van der Waals surface area contributed by atoms with Crippen LogP contribution in [-0.4, -0.2) is 74.9 Å². The molecule has 1 aliphatic rings. The lowest BCUT2D eigenvalue weighted by molar-refractivity contribution is 0.0142. The summed E-state index contributed by atoms with van der Waals surface area (Å²) < 4.78 is 7.31. The lowest BCUT2D eigenvalue weighted by atomic mass is 10.2. The third-order valence-electron chi connectivity index (χ3n) is 6.08. The molecule has 192 valence electrons. The summed E-state index contributed by atoms with van der Waals surface area (Å²) in [5, 5.41) is 8.54. The number of ether oxygens (including phenoxy) is 1. The van der Waals surface area contributed by atoms with Crippen LogP contribution in [0, 0.1) is 13.8 Å². The van der Waals surface area contributed by atoms with Crippen LogP contribution >= 0.6 is 11.6 Å². The van der Waals surface area contributed by atoms with Crippen LogP contribution in [0.3, 0.4) is 0 Å². The van der Waals surface area contributed by atoms with E-state index < -0.39 is 5.60 Å². The molecule has 4 rings (SSSR count). The van der Waals surface area contributed by atoms with Gasteiger partial charge in [-0.15, -0.1) is 0 Å². The maximum absolute atomic E-state index is 12.9. The number of fused-ring (bicyclic) bond motifs is 1. The number of halogens is 1. The summed E-state index contributed by atoms with van der Waals surface area (Å²) in [6.07, 6.45) is 1.24. The second kappa shape index (κ2) is 10.4. The number of nitrogens with zero attached hydrogens (tertiary/aromatic N) is 5. The van der Waals surface area contributed by atoms with Crippen molar-refractivity contribution in [3.05, 3.63) is 52.3 Å². The van der Waals surface area contributed by atoms with Gasteiger partial charge >= 0.3 is 6.09 Å². The maximum atomic E-state index is 12.9. The molecular formula is C26H33ClN6O3.